The van der Waals surface area contributed by atoms with Crippen LogP contribution in [0.2, 0.25) is 0 Å². The van der Waals surface area contributed by atoms with Crippen molar-refractivity contribution >= 4 is 17.5 Å². The summed E-state index contributed by atoms with van der Waals surface area (Å²) in [5, 5.41) is 6.82. The average Bonchev–Trinajstić information content (AvgIpc) is 2.68. The van der Waals surface area contributed by atoms with Gasteiger partial charge in [-0.2, -0.15) is 4.98 Å². The summed E-state index contributed by atoms with van der Waals surface area (Å²) in [4.78, 5) is 9.22. The number of hydrogen-bond acceptors (Lipinski definition) is 5. The lowest BCUT2D eigenvalue weighted by atomic mass is 9.86. The molecule has 0 fully saturated rings. The van der Waals surface area contributed by atoms with Crippen LogP contribution in [-0.4, -0.2) is 23.6 Å². The molecule has 152 valence electrons. The molecule has 0 bridgehead atoms. The van der Waals surface area contributed by atoms with Gasteiger partial charge in [-0.25, -0.2) is 4.98 Å². The van der Waals surface area contributed by atoms with Crippen molar-refractivity contribution in [1.29, 1.82) is 0 Å². The molecule has 1 heterocycles. The number of rotatable bonds is 7. The van der Waals surface area contributed by atoms with Gasteiger partial charge in [-0.15, -0.1) is 0 Å². The minimum absolute atomic E-state index is 0.0346. The lowest BCUT2D eigenvalue weighted by molar-refractivity contribution is 0.414. The largest absolute Gasteiger partial charge is 0.497 e. The normalized spacial score (nSPS) is 11.2. The monoisotopic (exact) mass is 390 g/mol. The molecule has 0 aliphatic carbocycles. The third-order valence-electron chi connectivity index (χ3n) is 4.71. The highest BCUT2D eigenvalue weighted by Gasteiger charge is 2.18. The molecule has 5 heteroatoms. The van der Waals surface area contributed by atoms with Gasteiger partial charge in [-0.05, 0) is 48.1 Å². The van der Waals surface area contributed by atoms with Crippen LogP contribution in [0.4, 0.5) is 17.5 Å². The van der Waals surface area contributed by atoms with Crippen LogP contribution in [0, 0.1) is 6.92 Å². The van der Waals surface area contributed by atoms with Crippen molar-refractivity contribution in [3.8, 4) is 5.75 Å². The third-order valence-corrected chi connectivity index (χ3v) is 4.71. The molecule has 2 N–H and O–H groups in total. The van der Waals surface area contributed by atoms with E-state index in [1.165, 1.54) is 11.1 Å². The lowest BCUT2D eigenvalue weighted by Crippen LogP contribution is -2.14. The van der Waals surface area contributed by atoms with E-state index >= 15 is 0 Å². The maximum Gasteiger partial charge on any atom is 0.229 e. The number of methoxy groups -OCH3 is 1. The van der Waals surface area contributed by atoms with Gasteiger partial charge >= 0.3 is 0 Å². The van der Waals surface area contributed by atoms with Gasteiger partial charge in [0, 0.05) is 24.0 Å². The Hall–Kier alpha value is -3.08. The Morgan fingerprint density at radius 3 is 2.38 bits per heavy atom. The Balaban J connectivity index is 1.68. The molecule has 0 saturated carbocycles. The number of nitrogens with one attached hydrogen (secondary N) is 2. The maximum absolute atomic E-state index is 5.21. The number of nitrogens with zero attached hydrogens (tertiary/aromatic N) is 2. The van der Waals surface area contributed by atoms with Crippen molar-refractivity contribution in [2.24, 2.45) is 0 Å². The first-order valence-electron chi connectivity index (χ1n) is 9.94. The highest BCUT2D eigenvalue weighted by Crippen LogP contribution is 2.30. The van der Waals surface area contributed by atoms with Crippen molar-refractivity contribution in [2.75, 3.05) is 24.3 Å². The van der Waals surface area contributed by atoms with E-state index in [-0.39, 0.29) is 5.41 Å². The smallest absolute Gasteiger partial charge is 0.229 e. The van der Waals surface area contributed by atoms with Crippen LogP contribution in [0.1, 0.15) is 37.6 Å². The Labute approximate surface area is 173 Å². The molecule has 0 aliphatic rings. The molecule has 0 radical (unpaired) electrons. The molecular weight excluding hydrogens is 360 g/mol. The number of hydrogen-bond donors (Lipinski definition) is 2. The van der Waals surface area contributed by atoms with E-state index < -0.39 is 0 Å². The highest BCUT2D eigenvalue weighted by molar-refractivity contribution is 5.61. The van der Waals surface area contributed by atoms with Crippen LogP contribution in [0.25, 0.3) is 0 Å². The van der Waals surface area contributed by atoms with E-state index in [1.807, 2.05) is 31.2 Å². The van der Waals surface area contributed by atoms with Crippen molar-refractivity contribution in [3.63, 3.8) is 0 Å². The van der Waals surface area contributed by atoms with Gasteiger partial charge in [0.1, 0.15) is 11.6 Å². The molecule has 0 saturated heterocycles. The maximum atomic E-state index is 5.21. The summed E-state index contributed by atoms with van der Waals surface area (Å²) in [5.41, 5.74) is 4.48. The number of ether oxygens (including phenoxy) is 1. The third kappa shape index (κ3) is 5.70. The lowest BCUT2D eigenvalue weighted by Gasteiger charge is -2.23. The Kier molecular flexibility index (Phi) is 6.37. The number of para-hydroxylation sites is 1. The quantitative estimate of drug-likeness (QED) is 0.559. The predicted molar refractivity (Wildman–Crippen MR) is 120 cm³/mol. The van der Waals surface area contributed by atoms with E-state index in [1.54, 1.807) is 7.11 Å². The second kappa shape index (κ2) is 8.95. The standard InChI is InChI=1S/C24H30N4O/c1-17-16-22(25-15-14-18-10-12-19(29-5)13-11-18)28-23(26-17)27-21-9-7-6-8-20(21)24(2,3)4/h6-13,16H,14-15H2,1-5H3,(H2,25,26,27,28). The van der Waals surface area contributed by atoms with Crippen molar-refractivity contribution in [3.05, 3.63) is 71.4 Å². The minimum Gasteiger partial charge on any atom is -0.497 e. The molecule has 2 aromatic carbocycles. The van der Waals surface area contributed by atoms with Crippen LogP contribution in [0.3, 0.4) is 0 Å². The summed E-state index contributed by atoms with van der Waals surface area (Å²) in [6.45, 7) is 9.39. The van der Waals surface area contributed by atoms with E-state index in [4.69, 9.17) is 4.74 Å². The molecule has 5 nitrogen and oxygen atoms in total. The first-order valence-corrected chi connectivity index (χ1v) is 9.94. The van der Waals surface area contributed by atoms with Crippen LogP contribution >= 0.6 is 0 Å². The summed E-state index contributed by atoms with van der Waals surface area (Å²) in [6, 6.07) is 18.4. The van der Waals surface area contributed by atoms with E-state index in [0.29, 0.717) is 5.95 Å². The SMILES string of the molecule is COc1ccc(CCNc2cc(C)nc(Nc3ccccc3C(C)(C)C)n2)cc1. The van der Waals surface area contributed by atoms with Crippen LogP contribution in [0.5, 0.6) is 5.75 Å². The van der Waals surface area contributed by atoms with Crippen molar-refractivity contribution < 1.29 is 4.74 Å². The first-order chi connectivity index (χ1) is 13.8. The van der Waals surface area contributed by atoms with Gasteiger partial charge in [0.15, 0.2) is 0 Å². The Morgan fingerprint density at radius 1 is 0.966 bits per heavy atom. The topological polar surface area (TPSA) is 59.1 Å². The fraction of sp³-hybridized carbons (Fsp3) is 0.333. The summed E-state index contributed by atoms with van der Waals surface area (Å²) in [7, 11) is 1.68. The predicted octanol–water partition coefficient (Wildman–Crippen LogP) is 5.49. The van der Waals surface area contributed by atoms with E-state index in [9.17, 15) is 0 Å². The number of aryl methyl sites for hydroxylation is 1. The van der Waals surface area contributed by atoms with Gasteiger partial charge in [0.2, 0.25) is 5.95 Å². The number of anilines is 3. The molecule has 1 aromatic heterocycles. The zero-order chi connectivity index (χ0) is 20.9. The van der Waals surface area contributed by atoms with Crippen molar-refractivity contribution in [1.82, 2.24) is 9.97 Å². The fourth-order valence-electron chi connectivity index (χ4n) is 3.21. The summed E-state index contributed by atoms with van der Waals surface area (Å²) < 4.78 is 5.21. The van der Waals surface area contributed by atoms with Gasteiger partial charge in [-0.3, -0.25) is 0 Å². The van der Waals surface area contributed by atoms with Crippen LogP contribution in [0.15, 0.2) is 54.6 Å². The fourth-order valence-corrected chi connectivity index (χ4v) is 3.21. The average molecular weight is 391 g/mol. The number of benzene rings is 2. The molecule has 0 unspecified atom stereocenters. The molecular formula is C24H30N4O. The second-order valence-corrected chi connectivity index (χ2v) is 8.16. The molecule has 0 spiro atoms. The molecule has 29 heavy (non-hydrogen) atoms. The Bertz CT molecular complexity index is 946. The van der Waals surface area contributed by atoms with Crippen LogP contribution in [-0.2, 0) is 11.8 Å². The van der Waals surface area contributed by atoms with Gasteiger partial charge in [0.25, 0.3) is 0 Å². The summed E-state index contributed by atoms with van der Waals surface area (Å²) in [6.07, 6.45) is 0.905. The van der Waals surface area contributed by atoms with E-state index in [2.05, 4.69) is 71.7 Å². The molecule has 0 aliphatic heterocycles. The van der Waals surface area contributed by atoms with Gasteiger partial charge in [0.05, 0.1) is 7.11 Å². The number of aromatic nitrogens is 2. The van der Waals surface area contributed by atoms with Crippen LogP contribution < -0.4 is 15.4 Å². The Morgan fingerprint density at radius 2 is 1.69 bits per heavy atom. The summed E-state index contributed by atoms with van der Waals surface area (Å²) >= 11 is 0. The minimum atomic E-state index is 0.0346. The second-order valence-electron chi connectivity index (χ2n) is 8.16. The van der Waals surface area contributed by atoms with Gasteiger partial charge < -0.3 is 15.4 Å². The highest BCUT2D eigenvalue weighted by atomic mass is 16.5. The first kappa shape index (κ1) is 20.6. The van der Waals surface area contributed by atoms with Crippen molar-refractivity contribution in [2.45, 2.75) is 39.5 Å². The van der Waals surface area contributed by atoms with E-state index in [0.717, 1.165) is 35.9 Å². The molecule has 0 amide bonds. The molecule has 3 aromatic rings. The molecule has 0 atom stereocenters. The van der Waals surface area contributed by atoms with Gasteiger partial charge in [-0.1, -0.05) is 51.1 Å². The molecule has 3 rings (SSSR count). The zero-order valence-electron chi connectivity index (χ0n) is 17.9. The zero-order valence-corrected chi connectivity index (χ0v) is 17.9. The summed E-state index contributed by atoms with van der Waals surface area (Å²) in [5.74, 6) is 2.30.